The molecule has 6 nitrogen and oxygen atoms in total. The molecule has 6 rings (SSSR count). The number of nitrogens with two attached hydrogens (primary N) is 1. The van der Waals surface area contributed by atoms with Crippen LogP contribution in [0.1, 0.15) is 49.7 Å². The molecule has 3 N–H and O–H groups in total. The summed E-state index contributed by atoms with van der Waals surface area (Å²) in [6.07, 6.45) is 4.49. The number of amides is 1. The first-order chi connectivity index (χ1) is 18.9. The van der Waals surface area contributed by atoms with Crippen molar-refractivity contribution in [2.45, 2.75) is 55.8 Å². The molecule has 0 bridgehead atoms. The standard InChI is InChI=1S/C32H37ClN2O4/c1-38-16-5-4-14-31(37)29-26(32(31)20-35(15-17-39-32)30(36)24-10-11-25(34)19-24)12-13-27(33)28(29)23-9-8-21-6-2-3-7-22(21)18-23/h2-3,6-9,12-13,18,24-25,37H,4-5,10-11,14-17,19-20,34H2,1H3/t24-,25+,31-,32+/m1/s1. The van der Waals surface area contributed by atoms with E-state index in [9.17, 15) is 9.90 Å². The highest BCUT2D eigenvalue weighted by atomic mass is 35.5. The molecule has 7 heteroatoms. The van der Waals surface area contributed by atoms with Gasteiger partial charge in [-0.05, 0) is 72.6 Å². The lowest BCUT2D eigenvalue weighted by Crippen LogP contribution is -2.68. The average Bonchev–Trinajstić information content (AvgIpc) is 3.40. The zero-order chi connectivity index (χ0) is 27.2. The smallest absolute Gasteiger partial charge is 0.225 e. The number of fused-ring (bicyclic) bond motifs is 3. The molecule has 1 heterocycles. The topological polar surface area (TPSA) is 85.0 Å². The van der Waals surface area contributed by atoms with Crippen molar-refractivity contribution in [1.29, 1.82) is 0 Å². The van der Waals surface area contributed by atoms with Crippen LogP contribution in [0.15, 0.2) is 54.6 Å². The molecule has 3 aliphatic rings. The predicted molar refractivity (Wildman–Crippen MR) is 154 cm³/mol. The molecule has 0 aromatic heterocycles. The van der Waals surface area contributed by atoms with Gasteiger partial charge in [0.15, 0.2) is 0 Å². The van der Waals surface area contributed by atoms with E-state index in [-0.39, 0.29) is 17.9 Å². The zero-order valence-corrected chi connectivity index (χ0v) is 23.3. The molecule has 2 aliphatic carbocycles. The average molecular weight is 549 g/mol. The fourth-order valence-corrected chi connectivity index (χ4v) is 7.38. The van der Waals surface area contributed by atoms with Gasteiger partial charge >= 0.3 is 0 Å². The van der Waals surface area contributed by atoms with E-state index in [0.717, 1.165) is 65.1 Å². The number of hydrogen-bond donors (Lipinski definition) is 2. The normalized spacial score (nSPS) is 28.1. The maximum Gasteiger partial charge on any atom is 0.225 e. The molecule has 2 fully saturated rings. The predicted octanol–water partition coefficient (Wildman–Crippen LogP) is 5.36. The Balaban J connectivity index is 1.42. The minimum Gasteiger partial charge on any atom is -0.385 e. The second-order valence-electron chi connectivity index (χ2n) is 11.4. The van der Waals surface area contributed by atoms with E-state index in [1.165, 1.54) is 0 Å². The summed E-state index contributed by atoms with van der Waals surface area (Å²) in [4.78, 5) is 15.5. The SMILES string of the molecule is COCCCC[C@@]1(O)c2c(ccc(Cl)c2-c2ccc3ccccc3c2)[C@@]12CN(C(=O)[C@@H]1CC[C@H](N)C1)CCO2. The molecule has 39 heavy (non-hydrogen) atoms. The third kappa shape index (κ3) is 4.37. The van der Waals surface area contributed by atoms with Crippen molar-refractivity contribution in [1.82, 2.24) is 4.90 Å². The molecule has 206 valence electrons. The van der Waals surface area contributed by atoms with Gasteiger partial charge in [0, 0.05) is 48.4 Å². The Kier molecular flexibility index (Phi) is 7.19. The maximum atomic E-state index is 13.6. The summed E-state index contributed by atoms with van der Waals surface area (Å²) in [7, 11) is 1.69. The van der Waals surface area contributed by atoms with Gasteiger partial charge < -0.3 is 25.2 Å². The van der Waals surface area contributed by atoms with Crippen molar-refractivity contribution in [3.8, 4) is 11.1 Å². The van der Waals surface area contributed by atoms with E-state index < -0.39 is 11.2 Å². The summed E-state index contributed by atoms with van der Waals surface area (Å²) < 4.78 is 11.8. The number of rotatable bonds is 7. The van der Waals surface area contributed by atoms with Gasteiger partial charge in [-0.15, -0.1) is 0 Å². The number of methoxy groups -OCH3 is 1. The van der Waals surface area contributed by atoms with Crippen molar-refractivity contribution in [2.75, 3.05) is 33.4 Å². The first-order valence-corrected chi connectivity index (χ1v) is 14.5. The maximum absolute atomic E-state index is 13.6. The van der Waals surface area contributed by atoms with E-state index in [1.807, 2.05) is 29.2 Å². The van der Waals surface area contributed by atoms with Gasteiger partial charge in [-0.3, -0.25) is 4.79 Å². The van der Waals surface area contributed by atoms with Crippen molar-refractivity contribution < 1.29 is 19.4 Å². The number of aliphatic hydroxyl groups is 1. The highest BCUT2D eigenvalue weighted by Gasteiger charge is 2.66. The van der Waals surface area contributed by atoms with Crippen LogP contribution in [0.4, 0.5) is 0 Å². The summed E-state index contributed by atoms with van der Waals surface area (Å²) in [6.45, 7) is 1.84. The number of unbranched alkanes of at least 4 members (excludes halogenated alkanes) is 1. The number of hydrogen-bond acceptors (Lipinski definition) is 5. The number of halogens is 1. The fourth-order valence-electron chi connectivity index (χ4n) is 7.11. The second kappa shape index (κ2) is 10.5. The molecular formula is C32H37ClN2O4. The molecule has 0 radical (unpaired) electrons. The Bertz CT molecular complexity index is 1400. The molecule has 3 aromatic carbocycles. The molecule has 1 saturated heterocycles. The van der Waals surface area contributed by atoms with Crippen LogP contribution >= 0.6 is 11.6 Å². The largest absolute Gasteiger partial charge is 0.385 e. The van der Waals surface area contributed by atoms with Crippen LogP contribution in [0.25, 0.3) is 21.9 Å². The number of carbonyl (C=O) groups excluding carboxylic acids is 1. The van der Waals surface area contributed by atoms with Crippen molar-refractivity contribution in [3.63, 3.8) is 0 Å². The van der Waals surface area contributed by atoms with Crippen molar-refractivity contribution in [3.05, 3.63) is 70.7 Å². The van der Waals surface area contributed by atoms with Crippen LogP contribution in [0.2, 0.25) is 5.02 Å². The van der Waals surface area contributed by atoms with Crippen molar-refractivity contribution >= 4 is 28.3 Å². The number of ether oxygens (including phenoxy) is 2. The van der Waals surface area contributed by atoms with E-state index in [0.29, 0.717) is 37.7 Å². The number of carbonyl (C=O) groups is 1. The lowest BCUT2D eigenvalue weighted by molar-refractivity contribution is -0.255. The van der Waals surface area contributed by atoms with E-state index in [2.05, 4.69) is 30.3 Å². The number of morpholine rings is 1. The molecular weight excluding hydrogens is 512 g/mol. The molecule has 3 aromatic rings. The molecule has 1 amide bonds. The van der Waals surface area contributed by atoms with Crippen LogP contribution in [0, 0.1) is 5.92 Å². The van der Waals surface area contributed by atoms with Crippen LogP contribution in [0.5, 0.6) is 0 Å². The Hall–Kier alpha value is -2.48. The van der Waals surface area contributed by atoms with Gasteiger partial charge in [-0.25, -0.2) is 0 Å². The van der Waals surface area contributed by atoms with Gasteiger partial charge in [0.25, 0.3) is 0 Å². The molecule has 4 atom stereocenters. The minimum atomic E-state index is -1.30. The third-order valence-electron chi connectivity index (χ3n) is 9.10. The molecule has 1 saturated carbocycles. The molecule has 0 unspecified atom stereocenters. The molecule has 1 spiro atoms. The van der Waals surface area contributed by atoms with Gasteiger partial charge in [-0.1, -0.05) is 54.1 Å². The Morgan fingerprint density at radius 3 is 2.74 bits per heavy atom. The second-order valence-corrected chi connectivity index (χ2v) is 11.8. The Morgan fingerprint density at radius 2 is 1.97 bits per heavy atom. The van der Waals surface area contributed by atoms with Gasteiger partial charge in [0.1, 0.15) is 11.2 Å². The monoisotopic (exact) mass is 548 g/mol. The van der Waals surface area contributed by atoms with Gasteiger partial charge in [0.2, 0.25) is 5.91 Å². The summed E-state index contributed by atoms with van der Waals surface area (Å²) in [5, 5.41) is 15.5. The van der Waals surface area contributed by atoms with Crippen LogP contribution in [-0.2, 0) is 25.5 Å². The minimum absolute atomic E-state index is 0.0529. The highest BCUT2D eigenvalue weighted by Crippen LogP contribution is 2.62. The summed E-state index contributed by atoms with van der Waals surface area (Å²) in [5.41, 5.74) is 7.38. The summed E-state index contributed by atoms with van der Waals surface area (Å²) >= 11 is 6.89. The van der Waals surface area contributed by atoms with Crippen LogP contribution < -0.4 is 5.73 Å². The molecule has 1 aliphatic heterocycles. The first-order valence-electron chi connectivity index (χ1n) is 14.1. The Labute approximate surface area is 235 Å². The first kappa shape index (κ1) is 26.7. The van der Waals surface area contributed by atoms with E-state index in [1.54, 1.807) is 7.11 Å². The third-order valence-corrected chi connectivity index (χ3v) is 9.42. The number of benzene rings is 3. The fraction of sp³-hybridized carbons (Fsp3) is 0.469. The highest BCUT2D eigenvalue weighted by molar-refractivity contribution is 6.33. The summed E-state index contributed by atoms with van der Waals surface area (Å²) in [6, 6.07) is 18.5. The van der Waals surface area contributed by atoms with Crippen molar-refractivity contribution in [2.24, 2.45) is 11.7 Å². The Morgan fingerprint density at radius 1 is 1.15 bits per heavy atom. The van der Waals surface area contributed by atoms with Crippen LogP contribution in [0.3, 0.4) is 0 Å². The van der Waals surface area contributed by atoms with E-state index >= 15 is 0 Å². The van der Waals surface area contributed by atoms with E-state index in [4.69, 9.17) is 26.8 Å². The summed E-state index contributed by atoms with van der Waals surface area (Å²) in [5.74, 6) is 0.0763. The lowest BCUT2D eigenvalue weighted by atomic mass is 9.56. The lowest BCUT2D eigenvalue weighted by Gasteiger charge is -2.60. The quantitative estimate of drug-likeness (QED) is 0.388. The van der Waals surface area contributed by atoms with Gasteiger partial charge in [-0.2, -0.15) is 0 Å². The van der Waals surface area contributed by atoms with Crippen LogP contribution in [-0.4, -0.2) is 55.4 Å². The van der Waals surface area contributed by atoms with Gasteiger partial charge in [0.05, 0.1) is 13.2 Å². The zero-order valence-electron chi connectivity index (χ0n) is 22.5. The number of nitrogens with zero attached hydrogens (tertiary/aromatic N) is 1.